The molecule has 3 rings (SSSR count). The molecule has 0 aliphatic carbocycles. The maximum Gasteiger partial charge on any atom is 0.238 e. The van der Waals surface area contributed by atoms with Crippen molar-refractivity contribution in [3.63, 3.8) is 0 Å². The van der Waals surface area contributed by atoms with Crippen molar-refractivity contribution >= 4 is 11.0 Å². The second-order valence-electron chi connectivity index (χ2n) is 4.49. The van der Waals surface area contributed by atoms with Crippen LogP contribution in [-0.4, -0.2) is 25.9 Å². The first-order valence-corrected chi connectivity index (χ1v) is 5.98. The van der Waals surface area contributed by atoms with Gasteiger partial charge in [0.1, 0.15) is 28.2 Å². The molecule has 0 fully saturated rings. The third-order valence-electron chi connectivity index (χ3n) is 3.06. The molecule has 0 bridgehead atoms. The Bertz CT molecular complexity index is 894. The van der Waals surface area contributed by atoms with Gasteiger partial charge in [0.15, 0.2) is 5.76 Å². The molecule has 6 N–H and O–H groups in total. The van der Waals surface area contributed by atoms with E-state index in [1.54, 1.807) is 0 Å². The smallest absolute Gasteiger partial charge is 0.238 e. The second-order valence-corrected chi connectivity index (χ2v) is 4.49. The van der Waals surface area contributed by atoms with Crippen molar-refractivity contribution in [3.8, 4) is 34.3 Å². The fourth-order valence-corrected chi connectivity index (χ4v) is 2.08. The van der Waals surface area contributed by atoms with Crippen molar-refractivity contribution in [3.05, 3.63) is 46.6 Å². The van der Waals surface area contributed by atoms with Crippen LogP contribution in [0.2, 0.25) is 0 Å². The van der Waals surface area contributed by atoms with E-state index in [0.29, 0.717) is 5.56 Å². The predicted molar refractivity (Wildman–Crippen MR) is 78.2 cm³/mol. The zero-order chi connectivity index (χ0) is 15.1. The summed E-state index contributed by atoms with van der Waals surface area (Å²) in [7, 11) is 0. The van der Waals surface area contributed by atoms with Crippen molar-refractivity contribution in [1.29, 1.82) is 0 Å². The highest BCUT2D eigenvalue weighted by Crippen LogP contribution is 2.35. The van der Waals surface area contributed by atoms with Crippen molar-refractivity contribution in [1.82, 2.24) is 0 Å². The maximum absolute atomic E-state index is 12.1. The normalized spacial score (nSPS) is 10.4. The van der Waals surface area contributed by atoms with Crippen LogP contribution in [0.25, 0.3) is 22.3 Å². The Balaban J connectivity index is 0.00000176. The molecule has 0 radical (unpaired) electrons. The molecule has 0 aliphatic rings. The van der Waals surface area contributed by atoms with Gasteiger partial charge in [0, 0.05) is 17.7 Å². The number of rotatable bonds is 1. The molecule has 0 unspecified atom stereocenters. The van der Waals surface area contributed by atoms with Crippen LogP contribution in [0.1, 0.15) is 0 Å². The molecule has 0 spiro atoms. The minimum atomic E-state index is -0.808. The van der Waals surface area contributed by atoms with Crippen LogP contribution in [0, 0.1) is 0 Å². The molecule has 0 amide bonds. The lowest BCUT2D eigenvalue weighted by Gasteiger charge is -2.07. The quantitative estimate of drug-likeness (QED) is 0.536. The van der Waals surface area contributed by atoms with Gasteiger partial charge in [0.2, 0.25) is 11.2 Å². The van der Waals surface area contributed by atoms with E-state index in [-0.39, 0.29) is 33.7 Å². The molecule has 0 saturated carbocycles. The number of aromatic hydroxyl groups is 4. The summed E-state index contributed by atoms with van der Waals surface area (Å²) < 4.78 is 5.41. The number of hydrogen-bond donors (Lipinski definition) is 4. The Morgan fingerprint density at radius 3 is 2.14 bits per heavy atom. The number of hydrogen-bond acceptors (Lipinski definition) is 6. The molecule has 1 heterocycles. The van der Waals surface area contributed by atoms with E-state index in [2.05, 4.69) is 0 Å². The third-order valence-corrected chi connectivity index (χ3v) is 3.06. The summed E-state index contributed by atoms with van der Waals surface area (Å²) in [6, 6.07) is 7.82. The number of phenols is 3. The lowest BCUT2D eigenvalue weighted by Crippen LogP contribution is -2.02. The van der Waals surface area contributed by atoms with E-state index in [4.69, 9.17) is 4.42 Å². The van der Waals surface area contributed by atoms with Gasteiger partial charge in [-0.3, -0.25) is 4.79 Å². The average Bonchev–Trinajstić information content (AvgIpc) is 2.43. The van der Waals surface area contributed by atoms with E-state index in [1.165, 1.54) is 30.3 Å². The summed E-state index contributed by atoms with van der Waals surface area (Å²) in [6.45, 7) is 0. The standard InChI is InChI=1S/C15H10O6.H2O/c16-8-3-1-7(2-4-8)15-14(20)13(19)12-10(18)5-9(17)6-11(12)21-15;/h1-6,16-18,20H;1H2. The highest BCUT2D eigenvalue weighted by atomic mass is 16.4. The fourth-order valence-electron chi connectivity index (χ4n) is 2.08. The first kappa shape index (κ1) is 15.2. The zero-order valence-electron chi connectivity index (χ0n) is 11.1. The molecule has 7 heteroatoms. The van der Waals surface area contributed by atoms with Crippen molar-refractivity contribution in [2.24, 2.45) is 0 Å². The molecule has 0 saturated heterocycles. The van der Waals surface area contributed by atoms with Gasteiger partial charge in [-0.2, -0.15) is 0 Å². The zero-order valence-corrected chi connectivity index (χ0v) is 11.1. The van der Waals surface area contributed by atoms with E-state index in [1.807, 2.05) is 0 Å². The third kappa shape index (κ3) is 2.29. The predicted octanol–water partition coefficient (Wildman–Crippen LogP) is 1.46. The minimum Gasteiger partial charge on any atom is -0.508 e. The summed E-state index contributed by atoms with van der Waals surface area (Å²) in [6.07, 6.45) is 0. The molecular weight excluding hydrogens is 292 g/mol. The van der Waals surface area contributed by atoms with Crippen LogP contribution in [-0.2, 0) is 0 Å². The lowest BCUT2D eigenvalue weighted by molar-refractivity contribution is 0.438. The van der Waals surface area contributed by atoms with Gasteiger partial charge in [-0.05, 0) is 24.3 Å². The van der Waals surface area contributed by atoms with Crippen molar-refractivity contribution < 1.29 is 30.3 Å². The van der Waals surface area contributed by atoms with E-state index in [9.17, 15) is 25.2 Å². The van der Waals surface area contributed by atoms with E-state index >= 15 is 0 Å². The summed E-state index contributed by atoms with van der Waals surface area (Å²) >= 11 is 0. The molecular formula is C15H12O7. The van der Waals surface area contributed by atoms with Gasteiger partial charge < -0.3 is 30.3 Å². The SMILES string of the molecule is O.O=c1c(O)c(-c2ccc(O)cc2)oc2cc(O)cc(O)c12. The van der Waals surface area contributed by atoms with Crippen molar-refractivity contribution in [2.75, 3.05) is 0 Å². The molecule has 0 atom stereocenters. The fraction of sp³-hybridized carbons (Fsp3) is 0. The molecule has 2 aromatic carbocycles. The monoisotopic (exact) mass is 304 g/mol. The van der Waals surface area contributed by atoms with Crippen LogP contribution < -0.4 is 5.43 Å². The average molecular weight is 304 g/mol. The Morgan fingerprint density at radius 1 is 0.864 bits per heavy atom. The van der Waals surface area contributed by atoms with Crippen LogP contribution in [0.5, 0.6) is 23.0 Å². The van der Waals surface area contributed by atoms with Crippen LogP contribution >= 0.6 is 0 Å². The molecule has 3 aromatic rings. The van der Waals surface area contributed by atoms with E-state index < -0.39 is 16.9 Å². The largest absolute Gasteiger partial charge is 0.508 e. The Morgan fingerprint density at radius 2 is 1.50 bits per heavy atom. The number of fused-ring (bicyclic) bond motifs is 1. The maximum atomic E-state index is 12.1. The summed E-state index contributed by atoms with van der Waals surface area (Å²) in [5.41, 5.74) is -0.498. The lowest BCUT2D eigenvalue weighted by atomic mass is 10.1. The molecule has 22 heavy (non-hydrogen) atoms. The summed E-state index contributed by atoms with van der Waals surface area (Å²) in [4.78, 5) is 12.1. The van der Waals surface area contributed by atoms with Gasteiger partial charge in [-0.15, -0.1) is 0 Å². The van der Waals surface area contributed by atoms with E-state index in [0.717, 1.165) is 6.07 Å². The Hall–Kier alpha value is -3.19. The van der Waals surface area contributed by atoms with Gasteiger partial charge in [0.25, 0.3) is 0 Å². The summed E-state index contributed by atoms with van der Waals surface area (Å²) in [5.74, 6) is -1.50. The first-order chi connectivity index (χ1) is 9.97. The van der Waals surface area contributed by atoms with Gasteiger partial charge >= 0.3 is 0 Å². The van der Waals surface area contributed by atoms with Crippen LogP contribution in [0.4, 0.5) is 0 Å². The number of phenolic OH excluding ortho intramolecular Hbond substituents is 3. The van der Waals surface area contributed by atoms with Gasteiger partial charge in [0.05, 0.1) is 0 Å². The van der Waals surface area contributed by atoms with Crippen LogP contribution in [0.3, 0.4) is 0 Å². The molecule has 7 nitrogen and oxygen atoms in total. The Kier molecular flexibility index (Phi) is 3.66. The minimum absolute atomic E-state index is 0. The molecule has 114 valence electrons. The molecule has 0 aliphatic heterocycles. The van der Waals surface area contributed by atoms with Crippen LogP contribution in [0.15, 0.2) is 45.6 Å². The Labute approximate surface area is 123 Å². The second kappa shape index (κ2) is 5.30. The number of benzene rings is 2. The highest BCUT2D eigenvalue weighted by molar-refractivity contribution is 5.88. The van der Waals surface area contributed by atoms with Crippen molar-refractivity contribution in [2.45, 2.75) is 0 Å². The van der Waals surface area contributed by atoms with Gasteiger partial charge in [-0.25, -0.2) is 0 Å². The van der Waals surface area contributed by atoms with Gasteiger partial charge in [-0.1, -0.05) is 0 Å². The molecule has 1 aromatic heterocycles. The highest BCUT2D eigenvalue weighted by Gasteiger charge is 2.18. The summed E-state index contributed by atoms with van der Waals surface area (Å²) in [5, 5.41) is 38.1. The topological polar surface area (TPSA) is 143 Å². The first-order valence-electron chi connectivity index (χ1n) is 5.98.